The van der Waals surface area contributed by atoms with Gasteiger partial charge in [-0.2, -0.15) is 0 Å². The second-order valence-corrected chi connectivity index (χ2v) is 6.52. The lowest BCUT2D eigenvalue weighted by Crippen LogP contribution is -2.69. The summed E-state index contributed by atoms with van der Waals surface area (Å²) in [5.41, 5.74) is 1.09. The zero-order chi connectivity index (χ0) is 16.6. The molecular formula is C18H25NO4. The van der Waals surface area contributed by atoms with Gasteiger partial charge in [-0.25, -0.2) is 0 Å². The number of carbonyl (C=O) groups excluding carboxylic acids is 1. The maximum atomic E-state index is 12.5. The minimum absolute atomic E-state index is 0.0273. The maximum absolute atomic E-state index is 12.5. The Labute approximate surface area is 136 Å². The van der Waals surface area contributed by atoms with E-state index in [1.54, 1.807) is 6.92 Å². The van der Waals surface area contributed by atoms with Gasteiger partial charge in [0.1, 0.15) is 6.04 Å². The summed E-state index contributed by atoms with van der Waals surface area (Å²) in [4.78, 5) is 14.6. The van der Waals surface area contributed by atoms with E-state index in [0.29, 0.717) is 6.61 Å². The van der Waals surface area contributed by atoms with E-state index in [1.165, 1.54) is 0 Å². The van der Waals surface area contributed by atoms with Crippen molar-refractivity contribution in [1.82, 2.24) is 4.90 Å². The number of hydrogen-bond donors (Lipinski definition) is 2. The zero-order valence-corrected chi connectivity index (χ0v) is 13.6. The smallest absolute Gasteiger partial charge is 0.323 e. The van der Waals surface area contributed by atoms with E-state index in [2.05, 4.69) is 4.90 Å². The van der Waals surface area contributed by atoms with Gasteiger partial charge in [0.15, 0.2) is 0 Å². The van der Waals surface area contributed by atoms with Crippen LogP contribution < -0.4 is 0 Å². The van der Waals surface area contributed by atoms with Crippen molar-refractivity contribution in [3.63, 3.8) is 0 Å². The summed E-state index contributed by atoms with van der Waals surface area (Å²) in [6.07, 6.45) is -0.145. The quantitative estimate of drug-likeness (QED) is 0.823. The number of ether oxygens (including phenoxy) is 1. The molecule has 5 unspecified atom stereocenters. The van der Waals surface area contributed by atoms with Gasteiger partial charge in [-0.05, 0) is 32.3 Å². The molecule has 1 aliphatic carbocycles. The average molecular weight is 319 g/mol. The molecule has 2 heterocycles. The van der Waals surface area contributed by atoms with Crippen LogP contribution in [0.2, 0.25) is 0 Å². The topological polar surface area (TPSA) is 70.0 Å². The number of hydrogen-bond acceptors (Lipinski definition) is 5. The van der Waals surface area contributed by atoms with Crippen LogP contribution in [-0.4, -0.2) is 52.0 Å². The predicted octanol–water partition coefficient (Wildman–Crippen LogP) is 1.50. The van der Waals surface area contributed by atoms with Crippen molar-refractivity contribution < 1.29 is 19.7 Å². The number of aliphatic hydroxyl groups excluding tert-OH is 2. The Morgan fingerprint density at radius 3 is 2.61 bits per heavy atom. The molecule has 126 valence electrons. The SMILES string of the molecule is CCOC(=O)C1C2CCC(C(O)C2O)N1[C@@H](C)c1ccccc1. The van der Waals surface area contributed by atoms with Crippen molar-refractivity contribution in [3.05, 3.63) is 35.9 Å². The number of piperidine rings is 2. The van der Waals surface area contributed by atoms with Crippen LogP contribution in [0.5, 0.6) is 0 Å². The first-order chi connectivity index (χ1) is 11.1. The first kappa shape index (κ1) is 16.4. The van der Waals surface area contributed by atoms with Crippen molar-refractivity contribution in [1.29, 1.82) is 0 Å². The Morgan fingerprint density at radius 2 is 1.96 bits per heavy atom. The summed E-state index contributed by atoms with van der Waals surface area (Å²) in [6, 6.07) is 9.20. The molecule has 2 bridgehead atoms. The number of nitrogens with zero attached hydrogens (tertiary/aromatic N) is 1. The molecule has 2 N–H and O–H groups in total. The molecule has 0 radical (unpaired) electrons. The van der Waals surface area contributed by atoms with Gasteiger partial charge in [0, 0.05) is 18.0 Å². The molecule has 5 nitrogen and oxygen atoms in total. The van der Waals surface area contributed by atoms with Crippen LogP contribution in [0.1, 0.15) is 38.3 Å². The summed E-state index contributed by atoms with van der Waals surface area (Å²) >= 11 is 0. The molecule has 6 atom stereocenters. The minimum Gasteiger partial charge on any atom is -0.465 e. The molecule has 3 fully saturated rings. The van der Waals surface area contributed by atoms with E-state index >= 15 is 0 Å². The van der Waals surface area contributed by atoms with E-state index in [0.717, 1.165) is 18.4 Å². The molecule has 5 heteroatoms. The van der Waals surface area contributed by atoms with Crippen LogP contribution in [0, 0.1) is 5.92 Å². The molecule has 1 aromatic carbocycles. The molecular weight excluding hydrogens is 294 g/mol. The fourth-order valence-electron chi connectivity index (χ4n) is 4.24. The van der Waals surface area contributed by atoms with Gasteiger partial charge >= 0.3 is 5.97 Å². The van der Waals surface area contributed by atoms with Gasteiger partial charge in [-0.3, -0.25) is 9.69 Å². The highest BCUT2D eigenvalue weighted by Crippen LogP contribution is 2.44. The first-order valence-electron chi connectivity index (χ1n) is 8.41. The van der Waals surface area contributed by atoms with Gasteiger partial charge < -0.3 is 14.9 Å². The fourth-order valence-corrected chi connectivity index (χ4v) is 4.24. The van der Waals surface area contributed by atoms with Crippen molar-refractivity contribution in [3.8, 4) is 0 Å². The number of rotatable bonds is 4. The number of carbonyl (C=O) groups is 1. The third kappa shape index (κ3) is 2.77. The zero-order valence-electron chi connectivity index (χ0n) is 13.6. The molecule has 2 saturated heterocycles. The lowest BCUT2D eigenvalue weighted by molar-refractivity contribution is -0.196. The summed E-state index contributed by atoms with van der Waals surface area (Å²) in [5, 5.41) is 20.8. The molecule has 0 aromatic heterocycles. The third-order valence-corrected chi connectivity index (χ3v) is 5.35. The largest absolute Gasteiger partial charge is 0.465 e. The lowest BCUT2D eigenvalue weighted by Gasteiger charge is -2.56. The number of benzene rings is 1. The number of fused-ring (bicyclic) bond motifs is 3. The van der Waals surface area contributed by atoms with Crippen LogP contribution in [0.15, 0.2) is 30.3 Å². The van der Waals surface area contributed by atoms with Crippen LogP contribution in [0.3, 0.4) is 0 Å². The van der Waals surface area contributed by atoms with Crippen molar-refractivity contribution in [2.45, 2.75) is 57.0 Å². The molecule has 1 saturated carbocycles. The van der Waals surface area contributed by atoms with Crippen LogP contribution in [-0.2, 0) is 9.53 Å². The van der Waals surface area contributed by atoms with Crippen LogP contribution in [0.25, 0.3) is 0 Å². The predicted molar refractivity (Wildman–Crippen MR) is 85.6 cm³/mol. The highest BCUT2D eigenvalue weighted by Gasteiger charge is 2.56. The summed E-state index contributed by atoms with van der Waals surface area (Å²) in [6.45, 7) is 4.15. The Bertz CT molecular complexity index is 549. The Balaban J connectivity index is 1.95. The Morgan fingerprint density at radius 1 is 1.26 bits per heavy atom. The lowest BCUT2D eigenvalue weighted by atomic mass is 9.70. The third-order valence-electron chi connectivity index (χ3n) is 5.35. The van der Waals surface area contributed by atoms with E-state index in [9.17, 15) is 15.0 Å². The molecule has 0 spiro atoms. The van der Waals surface area contributed by atoms with Gasteiger partial charge in [0.2, 0.25) is 0 Å². The number of aliphatic hydroxyl groups is 2. The molecule has 1 aromatic rings. The number of esters is 1. The molecule has 4 rings (SSSR count). The average Bonchev–Trinajstić information content (AvgIpc) is 2.58. The standard InChI is InChI=1S/C18H25NO4/c1-3-23-18(22)15-13-9-10-14(17(21)16(13)20)19(15)11(2)12-7-5-4-6-8-12/h4-8,11,13-17,20-21H,3,9-10H2,1-2H3/t11-,13?,14?,15?,16?,17?/m0/s1. The van der Waals surface area contributed by atoms with Crippen molar-refractivity contribution in [2.75, 3.05) is 6.61 Å². The van der Waals surface area contributed by atoms with Gasteiger partial charge in [-0.15, -0.1) is 0 Å². The minimum atomic E-state index is -0.859. The van der Waals surface area contributed by atoms with Gasteiger partial charge in [0.25, 0.3) is 0 Å². The molecule has 0 amide bonds. The fraction of sp³-hybridized carbons (Fsp3) is 0.611. The highest BCUT2D eigenvalue weighted by molar-refractivity contribution is 5.77. The van der Waals surface area contributed by atoms with Crippen molar-refractivity contribution in [2.24, 2.45) is 5.92 Å². The Kier molecular flexibility index (Phi) is 4.71. The van der Waals surface area contributed by atoms with E-state index in [4.69, 9.17) is 4.74 Å². The van der Waals surface area contributed by atoms with Gasteiger partial charge in [-0.1, -0.05) is 30.3 Å². The Hall–Kier alpha value is -1.43. The summed E-state index contributed by atoms with van der Waals surface area (Å²) in [5.74, 6) is -0.573. The second kappa shape index (κ2) is 6.59. The van der Waals surface area contributed by atoms with Crippen molar-refractivity contribution >= 4 is 5.97 Å². The summed E-state index contributed by atoms with van der Waals surface area (Å²) in [7, 11) is 0. The van der Waals surface area contributed by atoms with E-state index < -0.39 is 18.2 Å². The van der Waals surface area contributed by atoms with E-state index in [1.807, 2.05) is 37.3 Å². The van der Waals surface area contributed by atoms with Crippen LogP contribution in [0.4, 0.5) is 0 Å². The second-order valence-electron chi connectivity index (χ2n) is 6.52. The summed E-state index contributed by atoms with van der Waals surface area (Å²) < 4.78 is 5.26. The monoisotopic (exact) mass is 319 g/mol. The molecule has 2 aliphatic heterocycles. The maximum Gasteiger partial charge on any atom is 0.323 e. The van der Waals surface area contributed by atoms with E-state index in [-0.39, 0.29) is 24.0 Å². The molecule has 3 aliphatic rings. The normalized spacial score (nSPS) is 35.0. The molecule has 23 heavy (non-hydrogen) atoms. The van der Waals surface area contributed by atoms with Gasteiger partial charge in [0.05, 0.1) is 18.8 Å². The first-order valence-corrected chi connectivity index (χ1v) is 8.41. The highest BCUT2D eigenvalue weighted by atomic mass is 16.5. The van der Waals surface area contributed by atoms with Crippen LogP contribution >= 0.6 is 0 Å².